The minimum absolute atomic E-state index is 0.0843. The summed E-state index contributed by atoms with van der Waals surface area (Å²) in [5, 5.41) is 10.3. The molecule has 1 aromatic carbocycles. The summed E-state index contributed by atoms with van der Waals surface area (Å²) >= 11 is 0. The van der Waals surface area contributed by atoms with Crippen LogP contribution in [0.5, 0.6) is 0 Å². The monoisotopic (exact) mass is 219 g/mol. The van der Waals surface area contributed by atoms with Gasteiger partial charge in [0, 0.05) is 29.5 Å². The van der Waals surface area contributed by atoms with Gasteiger partial charge in [-0.2, -0.15) is 0 Å². The van der Waals surface area contributed by atoms with Crippen LogP contribution < -0.4 is 5.73 Å². The molecule has 1 aromatic heterocycles. The smallest absolute Gasteiger partial charge is 0.134 e. The number of benzene rings is 1. The first kappa shape index (κ1) is 11.2. The highest BCUT2D eigenvalue weighted by molar-refractivity contribution is 5.81. The van der Waals surface area contributed by atoms with Crippen LogP contribution in [0.1, 0.15) is 24.9 Å². The minimum atomic E-state index is -0.168. The fraction of sp³-hybridized carbons (Fsp3) is 0.385. The van der Waals surface area contributed by atoms with Gasteiger partial charge in [0.15, 0.2) is 0 Å². The standard InChI is InChI=1S/C13H17NO2/c1-2-9(7-15)13(14)11-8-16-12-6-4-3-5-10(11)12/h3-6,8-9,13,15H,2,7,14H2,1H3. The fourth-order valence-electron chi connectivity index (χ4n) is 2.01. The third-order valence-electron chi connectivity index (χ3n) is 3.14. The first-order valence-corrected chi connectivity index (χ1v) is 5.60. The molecule has 0 radical (unpaired) electrons. The maximum Gasteiger partial charge on any atom is 0.134 e. The summed E-state index contributed by atoms with van der Waals surface area (Å²) in [6.45, 7) is 2.14. The van der Waals surface area contributed by atoms with Gasteiger partial charge in [0.2, 0.25) is 0 Å². The van der Waals surface area contributed by atoms with Gasteiger partial charge in [-0.05, 0) is 12.5 Å². The largest absolute Gasteiger partial charge is 0.464 e. The molecule has 3 N–H and O–H groups in total. The fourth-order valence-corrected chi connectivity index (χ4v) is 2.01. The van der Waals surface area contributed by atoms with Gasteiger partial charge >= 0.3 is 0 Å². The van der Waals surface area contributed by atoms with Crippen molar-refractivity contribution in [1.82, 2.24) is 0 Å². The zero-order valence-corrected chi connectivity index (χ0v) is 9.39. The van der Waals surface area contributed by atoms with E-state index in [0.29, 0.717) is 0 Å². The average molecular weight is 219 g/mol. The third-order valence-corrected chi connectivity index (χ3v) is 3.14. The van der Waals surface area contributed by atoms with E-state index in [-0.39, 0.29) is 18.6 Å². The number of hydrogen-bond donors (Lipinski definition) is 2. The molecular formula is C13H17NO2. The van der Waals surface area contributed by atoms with E-state index in [1.807, 2.05) is 31.2 Å². The molecule has 2 unspecified atom stereocenters. The number of aliphatic hydroxyl groups excluding tert-OH is 1. The molecule has 0 spiro atoms. The van der Waals surface area contributed by atoms with E-state index in [2.05, 4.69) is 0 Å². The van der Waals surface area contributed by atoms with Crippen LogP contribution in [-0.2, 0) is 0 Å². The summed E-state index contributed by atoms with van der Waals surface area (Å²) in [5.74, 6) is 0.0843. The van der Waals surface area contributed by atoms with Gasteiger partial charge < -0.3 is 15.3 Å². The Balaban J connectivity index is 2.39. The van der Waals surface area contributed by atoms with Crippen LogP contribution in [0, 0.1) is 5.92 Å². The van der Waals surface area contributed by atoms with Gasteiger partial charge in [-0.25, -0.2) is 0 Å². The molecule has 2 aromatic rings. The highest BCUT2D eigenvalue weighted by Crippen LogP contribution is 2.30. The third kappa shape index (κ3) is 1.84. The van der Waals surface area contributed by atoms with Crippen LogP contribution in [0.3, 0.4) is 0 Å². The minimum Gasteiger partial charge on any atom is -0.464 e. The predicted molar refractivity (Wildman–Crippen MR) is 64.0 cm³/mol. The molecule has 0 saturated carbocycles. The Labute approximate surface area is 94.9 Å². The number of hydrogen-bond acceptors (Lipinski definition) is 3. The van der Waals surface area contributed by atoms with E-state index < -0.39 is 0 Å². The molecule has 0 aliphatic carbocycles. The number of aliphatic hydroxyl groups is 1. The van der Waals surface area contributed by atoms with Crippen LogP contribution in [0.25, 0.3) is 11.0 Å². The summed E-state index contributed by atoms with van der Waals surface area (Å²) in [4.78, 5) is 0. The van der Waals surface area contributed by atoms with Crippen molar-refractivity contribution in [2.75, 3.05) is 6.61 Å². The lowest BCUT2D eigenvalue weighted by atomic mass is 9.92. The van der Waals surface area contributed by atoms with Crippen molar-refractivity contribution in [3.63, 3.8) is 0 Å². The van der Waals surface area contributed by atoms with Crippen molar-refractivity contribution in [3.05, 3.63) is 36.1 Å². The molecule has 0 bridgehead atoms. The average Bonchev–Trinajstić information content (AvgIpc) is 2.74. The van der Waals surface area contributed by atoms with Crippen LogP contribution in [0.2, 0.25) is 0 Å². The zero-order valence-electron chi connectivity index (χ0n) is 9.39. The quantitative estimate of drug-likeness (QED) is 0.830. The van der Waals surface area contributed by atoms with Crippen molar-refractivity contribution in [2.24, 2.45) is 11.7 Å². The highest BCUT2D eigenvalue weighted by atomic mass is 16.3. The molecule has 2 atom stereocenters. The summed E-state index contributed by atoms with van der Waals surface area (Å²) in [6.07, 6.45) is 2.56. The first-order chi connectivity index (χ1) is 7.77. The van der Waals surface area contributed by atoms with Crippen molar-refractivity contribution in [1.29, 1.82) is 0 Å². The Morgan fingerprint density at radius 1 is 1.38 bits per heavy atom. The highest BCUT2D eigenvalue weighted by Gasteiger charge is 2.20. The van der Waals surface area contributed by atoms with E-state index in [4.69, 9.17) is 10.2 Å². The SMILES string of the molecule is CCC(CO)C(N)c1coc2ccccc12. The second-order valence-electron chi connectivity index (χ2n) is 4.06. The molecule has 0 saturated heterocycles. The lowest BCUT2D eigenvalue weighted by molar-refractivity contribution is 0.201. The second-order valence-corrected chi connectivity index (χ2v) is 4.06. The van der Waals surface area contributed by atoms with Crippen LogP contribution in [-0.4, -0.2) is 11.7 Å². The molecular weight excluding hydrogens is 202 g/mol. The van der Waals surface area contributed by atoms with E-state index >= 15 is 0 Å². The molecule has 2 rings (SSSR count). The number of nitrogens with two attached hydrogens (primary N) is 1. The van der Waals surface area contributed by atoms with Crippen molar-refractivity contribution in [3.8, 4) is 0 Å². The number of furan rings is 1. The topological polar surface area (TPSA) is 59.4 Å². The van der Waals surface area contributed by atoms with E-state index in [1.54, 1.807) is 6.26 Å². The Kier molecular flexibility index (Phi) is 3.27. The molecule has 1 heterocycles. The van der Waals surface area contributed by atoms with Gasteiger partial charge in [-0.15, -0.1) is 0 Å². The maximum absolute atomic E-state index is 9.26. The van der Waals surface area contributed by atoms with Crippen LogP contribution >= 0.6 is 0 Å². The number of fused-ring (bicyclic) bond motifs is 1. The molecule has 0 aliphatic rings. The van der Waals surface area contributed by atoms with E-state index in [1.165, 1.54) is 0 Å². The first-order valence-electron chi connectivity index (χ1n) is 5.60. The Bertz CT molecular complexity index is 460. The van der Waals surface area contributed by atoms with Crippen molar-refractivity contribution in [2.45, 2.75) is 19.4 Å². The lowest BCUT2D eigenvalue weighted by Gasteiger charge is -2.19. The van der Waals surface area contributed by atoms with Crippen LogP contribution in [0.4, 0.5) is 0 Å². The van der Waals surface area contributed by atoms with Crippen LogP contribution in [0.15, 0.2) is 34.9 Å². The summed E-state index contributed by atoms with van der Waals surface area (Å²) in [7, 11) is 0. The number of para-hydroxylation sites is 1. The van der Waals surface area contributed by atoms with Gasteiger partial charge in [-0.3, -0.25) is 0 Å². The normalized spacial score (nSPS) is 15.2. The Hall–Kier alpha value is -1.32. The summed E-state index contributed by atoms with van der Waals surface area (Å²) in [6, 6.07) is 7.65. The molecule has 3 nitrogen and oxygen atoms in total. The number of rotatable bonds is 4. The molecule has 16 heavy (non-hydrogen) atoms. The summed E-state index contributed by atoms with van der Waals surface area (Å²) in [5.41, 5.74) is 7.98. The predicted octanol–water partition coefficient (Wildman–Crippen LogP) is 2.45. The van der Waals surface area contributed by atoms with Gasteiger partial charge in [-0.1, -0.05) is 25.1 Å². The van der Waals surface area contributed by atoms with E-state index in [9.17, 15) is 5.11 Å². The molecule has 0 amide bonds. The van der Waals surface area contributed by atoms with Gasteiger partial charge in [0.1, 0.15) is 5.58 Å². The molecule has 0 fully saturated rings. The Morgan fingerprint density at radius 2 is 2.12 bits per heavy atom. The van der Waals surface area contributed by atoms with Crippen molar-refractivity contribution < 1.29 is 9.52 Å². The summed E-state index contributed by atoms with van der Waals surface area (Å²) < 4.78 is 5.45. The van der Waals surface area contributed by atoms with Gasteiger partial charge in [0.05, 0.1) is 6.26 Å². The Morgan fingerprint density at radius 3 is 2.81 bits per heavy atom. The zero-order chi connectivity index (χ0) is 11.5. The maximum atomic E-state index is 9.26. The van der Waals surface area contributed by atoms with Gasteiger partial charge in [0.25, 0.3) is 0 Å². The lowest BCUT2D eigenvalue weighted by Crippen LogP contribution is -2.23. The second kappa shape index (κ2) is 4.68. The van der Waals surface area contributed by atoms with Crippen molar-refractivity contribution >= 4 is 11.0 Å². The van der Waals surface area contributed by atoms with E-state index in [0.717, 1.165) is 23.0 Å². The molecule has 0 aliphatic heterocycles. The molecule has 86 valence electrons. The molecule has 3 heteroatoms.